The largest absolute Gasteiger partial charge is 0.481 e. The van der Waals surface area contributed by atoms with Gasteiger partial charge in [-0.05, 0) is 24.6 Å². The maximum absolute atomic E-state index is 12.3. The highest BCUT2D eigenvalue weighted by atomic mass is 32.2. The monoisotopic (exact) mass is 308 g/mol. The summed E-state index contributed by atoms with van der Waals surface area (Å²) >= 11 is 1.88. The second-order valence-corrected chi connectivity index (χ2v) is 6.70. The summed E-state index contributed by atoms with van der Waals surface area (Å²) in [5.74, 6) is 0.0619. The van der Waals surface area contributed by atoms with Crippen LogP contribution in [0.2, 0.25) is 0 Å². The van der Waals surface area contributed by atoms with Crippen LogP contribution in [-0.2, 0) is 11.2 Å². The predicted octanol–water partition coefficient (Wildman–Crippen LogP) is 2.67. The molecule has 1 aromatic rings. The van der Waals surface area contributed by atoms with E-state index in [2.05, 4.69) is 19.2 Å². The van der Waals surface area contributed by atoms with Crippen LogP contribution in [0, 0.1) is 0 Å². The van der Waals surface area contributed by atoms with Gasteiger partial charge in [-0.25, -0.2) is 4.79 Å². The van der Waals surface area contributed by atoms with E-state index in [0.717, 1.165) is 12.3 Å². The van der Waals surface area contributed by atoms with Gasteiger partial charge >= 0.3 is 12.0 Å². The Labute approximate surface area is 128 Å². The fourth-order valence-corrected chi connectivity index (χ4v) is 3.45. The smallest absolute Gasteiger partial charge is 0.322 e. The summed E-state index contributed by atoms with van der Waals surface area (Å²) < 4.78 is 0. The summed E-state index contributed by atoms with van der Waals surface area (Å²) in [4.78, 5) is 24.9. The highest BCUT2D eigenvalue weighted by molar-refractivity contribution is 8.00. The van der Waals surface area contributed by atoms with E-state index in [1.54, 1.807) is 24.3 Å². The number of rotatable bonds is 3. The molecule has 1 fully saturated rings. The predicted molar refractivity (Wildman–Crippen MR) is 84.9 cm³/mol. The fourth-order valence-electron chi connectivity index (χ4n) is 2.35. The van der Waals surface area contributed by atoms with Crippen molar-refractivity contribution in [1.29, 1.82) is 0 Å². The molecule has 2 amide bonds. The zero-order valence-electron chi connectivity index (χ0n) is 12.2. The molecule has 0 aliphatic carbocycles. The number of carbonyl (C=O) groups excluding carboxylic acids is 1. The number of benzene rings is 1. The minimum absolute atomic E-state index is 0.0441. The number of nitrogens with zero attached hydrogens (tertiary/aromatic N) is 1. The molecule has 1 saturated heterocycles. The highest BCUT2D eigenvalue weighted by Gasteiger charge is 2.28. The number of carbonyl (C=O) groups is 2. The lowest BCUT2D eigenvalue weighted by molar-refractivity contribution is -0.136. The summed E-state index contributed by atoms with van der Waals surface area (Å²) in [7, 11) is 0. The van der Waals surface area contributed by atoms with Crippen LogP contribution in [0.4, 0.5) is 10.5 Å². The molecule has 0 aromatic heterocycles. The van der Waals surface area contributed by atoms with Crippen LogP contribution >= 0.6 is 11.8 Å². The quantitative estimate of drug-likeness (QED) is 0.900. The van der Waals surface area contributed by atoms with E-state index in [1.165, 1.54) is 0 Å². The lowest BCUT2D eigenvalue weighted by Crippen LogP contribution is -2.49. The van der Waals surface area contributed by atoms with Gasteiger partial charge in [0, 0.05) is 29.3 Å². The van der Waals surface area contributed by atoms with E-state index in [9.17, 15) is 9.59 Å². The Bertz CT molecular complexity index is 535. The first-order chi connectivity index (χ1) is 9.97. The maximum atomic E-state index is 12.3. The first kappa shape index (κ1) is 15.7. The molecule has 1 aliphatic heterocycles. The molecule has 1 aromatic carbocycles. The van der Waals surface area contributed by atoms with Gasteiger partial charge in [0.1, 0.15) is 0 Å². The highest BCUT2D eigenvalue weighted by Crippen LogP contribution is 2.25. The fraction of sp³-hybridized carbons (Fsp3) is 0.467. The van der Waals surface area contributed by atoms with Crippen LogP contribution in [0.5, 0.6) is 0 Å². The van der Waals surface area contributed by atoms with Gasteiger partial charge in [-0.1, -0.05) is 19.1 Å². The van der Waals surface area contributed by atoms with E-state index in [-0.39, 0.29) is 18.5 Å². The Morgan fingerprint density at radius 1 is 1.43 bits per heavy atom. The molecule has 6 heteroatoms. The summed E-state index contributed by atoms with van der Waals surface area (Å²) in [6.45, 7) is 4.91. The van der Waals surface area contributed by atoms with Crippen molar-refractivity contribution in [2.24, 2.45) is 0 Å². The molecule has 1 heterocycles. The van der Waals surface area contributed by atoms with E-state index in [0.29, 0.717) is 16.5 Å². The summed E-state index contributed by atoms with van der Waals surface area (Å²) in [5.41, 5.74) is 1.31. The number of urea groups is 1. The van der Waals surface area contributed by atoms with Gasteiger partial charge in [0.15, 0.2) is 0 Å². The maximum Gasteiger partial charge on any atom is 0.322 e. The van der Waals surface area contributed by atoms with E-state index >= 15 is 0 Å². The van der Waals surface area contributed by atoms with Crippen molar-refractivity contribution in [3.63, 3.8) is 0 Å². The summed E-state index contributed by atoms with van der Waals surface area (Å²) in [6, 6.07) is 7.04. The number of anilines is 1. The van der Waals surface area contributed by atoms with Crippen LogP contribution in [0.1, 0.15) is 19.4 Å². The van der Waals surface area contributed by atoms with Crippen molar-refractivity contribution in [3.05, 3.63) is 29.8 Å². The molecule has 0 spiro atoms. The molecule has 2 rings (SSSR count). The molecule has 21 heavy (non-hydrogen) atoms. The van der Waals surface area contributed by atoms with E-state index in [4.69, 9.17) is 5.11 Å². The van der Waals surface area contributed by atoms with Crippen molar-refractivity contribution in [2.75, 3.05) is 17.6 Å². The number of carboxylic acid groups (broad SMARTS) is 1. The van der Waals surface area contributed by atoms with Gasteiger partial charge in [0.05, 0.1) is 6.42 Å². The number of carboxylic acids is 1. The molecule has 2 unspecified atom stereocenters. The second kappa shape index (κ2) is 6.85. The first-order valence-electron chi connectivity index (χ1n) is 6.97. The van der Waals surface area contributed by atoms with Crippen molar-refractivity contribution < 1.29 is 14.7 Å². The van der Waals surface area contributed by atoms with Gasteiger partial charge in [0.2, 0.25) is 0 Å². The Balaban J connectivity index is 2.03. The standard InChI is InChI=1S/C15H20N2O3S/c1-10-11(2)21-7-6-17(10)15(20)16-13-5-3-4-12(8-13)9-14(18)19/h3-5,8,10-11H,6-7,9H2,1-2H3,(H,16,20)(H,18,19). The second-order valence-electron chi connectivity index (χ2n) is 5.21. The number of amides is 2. The lowest BCUT2D eigenvalue weighted by atomic mass is 10.1. The molecule has 0 radical (unpaired) electrons. The third kappa shape index (κ3) is 4.14. The topological polar surface area (TPSA) is 69.6 Å². The first-order valence-corrected chi connectivity index (χ1v) is 8.02. The van der Waals surface area contributed by atoms with Crippen LogP contribution in [0.25, 0.3) is 0 Å². The van der Waals surface area contributed by atoms with Gasteiger partial charge in [-0.2, -0.15) is 11.8 Å². The van der Waals surface area contributed by atoms with Crippen LogP contribution in [-0.4, -0.2) is 45.6 Å². The number of hydrogen-bond acceptors (Lipinski definition) is 3. The third-order valence-corrected chi connectivity index (χ3v) is 5.02. The van der Waals surface area contributed by atoms with E-state index < -0.39 is 5.97 Å². The SMILES string of the molecule is CC1SCCN(C(=O)Nc2cccc(CC(=O)O)c2)C1C. The summed E-state index contributed by atoms with van der Waals surface area (Å²) in [5, 5.41) is 12.1. The number of aliphatic carboxylic acids is 1. The van der Waals surface area contributed by atoms with Gasteiger partial charge in [-0.3, -0.25) is 4.79 Å². The van der Waals surface area contributed by atoms with Crippen LogP contribution in [0.3, 0.4) is 0 Å². The van der Waals surface area contributed by atoms with Crippen molar-refractivity contribution >= 4 is 29.4 Å². The van der Waals surface area contributed by atoms with Crippen LogP contribution in [0.15, 0.2) is 24.3 Å². The zero-order chi connectivity index (χ0) is 15.4. The average Bonchev–Trinajstić information content (AvgIpc) is 2.41. The Hall–Kier alpha value is -1.69. The van der Waals surface area contributed by atoms with Gasteiger partial charge < -0.3 is 15.3 Å². The average molecular weight is 308 g/mol. The van der Waals surface area contributed by atoms with Crippen molar-refractivity contribution in [2.45, 2.75) is 31.6 Å². The number of thioether (sulfide) groups is 1. The molecular formula is C15H20N2O3S. The summed E-state index contributed by atoms with van der Waals surface area (Å²) in [6.07, 6.45) is -0.0441. The molecule has 2 atom stereocenters. The van der Waals surface area contributed by atoms with Gasteiger partial charge in [-0.15, -0.1) is 0 Å². The minimum Gasteiger partial charge on any atom is -0.481 e. The van der Waals surface area contributed by atoms with Crippen molar-refractivity contribution in [1.82, 2.24) is 4.90 Å². The number of hydrogen-bond donors (Lipinski definition) is 2. The lowest BCUT2D eigenvalue weighted by Gasteiger charge is -2.37. The Morgan fingerprint density at radius 2 is 2.19 bits per heavy atom. The van der Waals surface area contributed by atoms with Crippen molar-refractivity contribution in [3.8, 4) is 0 Å². The van der Waals surface area contributed by atoms with Crippen LogP contribution < -0.4 is 5.32 Å². The molecule has 114 valence electrons. The zero-order valence-corrected chi connectivity index (χ0v) is 13.0. The molecule has 5 nitrogen and oxygen atoms in total. The minimum atomic E-state index is -0.881. The van der Waals surface area contributed by atoms with E-state index in [1.807, 2.05) is 16.7 Å². The Morgan fingerprint density at radius 3 is 2.90 bits per heavy atom. The Kier molecular flexibility index (Phi) is 5.12. The molecule has 0 bridgehead atoms. The molecule has 1 aliphatic rings. The number of nitrogens with one attached hydrogen (secondary N) is 1. The third-order valence-electron chi connectivity index (χ3n) is 3.68. The molecular weight excluding hydrogens is 288 g/mol. The molecule has 0 saturated carbocycles. The normalized spacial score (nSPS) is 21.9. The molecule has 2 N–H and O–H groups in total. The van der Waals surface area contributed by atoms with Gasteiger partial charge in [0.25, 0.3) is 0 Å².